The normalized spacial score (nSPS) is 23.3. The summed E-state index contributed by atoms with van der Waals surface area (Å²) in [5.41, 5.74) is 1.65. The minimum absolute atomic E-state index is 0.534. The molecule has 0 saturated heterocycles. The van der Waals surface area contributed by atoms with E-state index in [0.717, 1.165) is 5.92 Å². The minimum Gasteiger partial charge on any atom is -0.307 e. The molecule has 1 heterocycles. The average Bonchev–Trinajstić information content (AvgIpc) is 3.07. The van der Waals surface area contributed by atoms with Crippen LogP contribution in [0.4, 0.5) is 0 Å². The molecule has 0 spiro atoms. The first-order valence-corrected chi connectivity index (χ1v) is 8.93. The van der Waals surface area contributed by atoms with Crippen LogP contribution in [0.1, 0.15) is 73.7 Å². The number of thiophene rings is 1. The van der Waals surface area contributed by atoms with Crippen LogP contribution in [-0.2, 0) is 12.8 Å². The molecule has 2 aliphatic rings. The summed E-state index contributed by atoms with van der Waals surface area (Å²) < 4.78 is 0. The molecule has 1 unspecified atom stereocenters. The van der Waals surface area contributed by atoms with Crippen LogP contribution < -0.4 is 5.32 Å². The highest BCUT2D eigenvalue weighted by molar-refractivity contribution is 7.12. The molecule has 1 N–H and O–H groups in total. The van der Waals surface area contributed by atoms with Crippen LogP contribution in [0.5, 0.6) is 0 Å². The first kappa shape index (κ1) is 13.6. The van der Waals surface area contributed by atoms with E-state index >= 15 is 0 Å². The van der Waals surface area contributed by atoms with Crippen molar-refractivity contribution in [3.05, 3.63) is 21.4 Å². The first-order valence-electron chi connectivity index (χ1n) is 8.11. The molecule has 1 fully saturated rings. The van der Waals surface area contributed by atoms with Crippen LogP contribution in [0, 0.1) is 5.92 Å². The molecule has 2 aliphatic carbocycles. The van der Waals surface area contributed by atoms with Gasteiger partial charge in [-0.1, -0.05) is 12.8 Å². The van der Waals surface area contributed by atoms with Gasteiger partial charge >= 0.3 is 0 Å². The van der Waals surface area contributed by atoms with Crippen molar-refractivity contribution in [2.24, 2.45) is 5.92 Å². The summed E-state index contributed by atoms with van der Waals surface area (Å²) in [6.07, 6.45) is 11.2. The zero-order valence-electron chi connectivity index (χ0n) is 12.4. The molecule has 19 heavy (non-hydrogen) atoms. The second kappa shape index (κ2) is 5.97. The summed E-state index contributed by atoms with van der Waals surface area (Å²) >= 11 is 2.07. The van der Waals surface area contributed by atoms with E-state index in [4.69, 9.17) is 0 Å². The van der Waals surface area contributed by atoms with Gasteiger partial charge in [0.1, 0.15) is 0 Å². The molecule has 3 rings (SSSR count). The Kier molecular flexibility index (Phi) is 4.28. The zero-order chi connectivity index (χ0) is 13.2. The summed E-state index contributed by atoms with van der Waals surface area (Å²) in [4.78, 5) is 3.24. The molecule has 0 aliphatic heterocycles. The van der Waals surface area contributed by atoms with Crippen LogP contribution in [-0.4, -0.2) is 6.04 Å². The Bertz CT molecular complexity index is 393. The van der Waals surface area contributed by atoms with Crippen LogP contribution in [0.3, 0.4) is 0 Å². The molecule has 2 heteroatoms. The quantitative estimate of drug-likeness (QED) is 0.829. The van der Waals surface area contributed by atoms with Crippen molar-refractivity contribution < 1.29 is 0 Å². The molecule has 1 saturated carbocycles. The van der Waals surface area contributed by atoms with Gasteiger partial charge in [0.25, 0.3) is 0 Å². The van der Waals surface area contributed by atoms with E-state index in [9.17, 15) is 0 Å². The lowest BCUT2D eigenvalue weighted by atomic mass is 9.97. The molecule has 1 aromatic heterocycles. The standard InChI is InChI=1S/C17H27NS/c1-12(14-7-3-4-8-14)18-13(2)17-11-15-9-5-6-10-16(15)19-17/h11-14,18H,3-10H2,1-2H3/t12-,13?/m1/s1. The summed E-state index contributed by atoms with van der Waals surface area (Å²) in [6, 6.07) is 3.70. The third-order valence-corrected chi connectivity index (χ3v) is 6.48. The van der Waals surface area contributed by atoms with Gasteiger partial charge in [0, 0.05) is 21.8 Å². The lowest BCUT2D eigenvalue weighted by Gasteiger charge is -2.24. The van der Waals surface area contributed by atoms with Crippen LogP contribution in [0.2, 0.25) is 0 Å². The molecule has 2 atom stereocenters. The fraction of sp³-hybridized carbons (Fsp3) is 0.765. The second-order valence-electron chi connectivity index (χ2n) is 6.53. The molecule has 1 nitrogen and oxygen atoms in total. The van der Waals surface area contributed by atoms with Crippen molar-refractivity contribution in [2.75, 3.05) is 0 Å². The second-order valence-corrected chi connectivity index (χ2v) is 7.69. The zero-order valence-corrected chi connectivity index (χ0v) is 13.2. The molecule has 0 radical (unpaired) electrons. The number of fused-ring (bicyclic) bond motifs is 1. The molecule has 0 amide bonds. The Morgan fingerprint density at radius 3 is 2.58 bits per heavy atom. The predicted molar refractivity (Wildman–Crippen MR) is 83.9 cm³/mol. The highest BCUT2D eigenvalue weighted by Gasteiger charge is 2.24. The summed E-state index contributed by atoms with van der Waals surface area (Å²) in [6.45, 7) is 4.74. The lowest BCUT2D eigenvalue weighted by molar-refractivity contribution is 0.354. The van der Waals surface area contributed by atoms with Gasteiger partial charge < -0.3 is 5.32 Å². The minimum atomic E-state index is 0.534. The Morgan fingerprint density at radius 1 is 1.11 bits per heavy atom. The maximum Gasteiger partial charge on any atom is 0.0388 e. The largest absolute Gasteiger partial charge is 0.307 e. The Balaban J connectivity index is 1.62. The van der Waals surface area contributed by atoms with Gasteiger partial charge in [0.15, 0.2) is 0 Å². The van der Waals surface area contributed by atoms with Crippen molar-refractivity contribution >= 4 is 11.3 Å². The van der Waals surface area contributed by atoms with Gasteiger partial charge in [-0.25, -0.2) is 0 Å². The van der Waals surface area contributed by atoms with Gasteiger partial charge in [0.2, 0.25) is 0 Å². The smallest absolute Gasteiger partial charge is 0.0388 e. The Hall–Kier alpha value is -0.340. The number of hydrogen-bond donors (Lipinski definition) is 1. The molecule has 106 valence electrons. The SMILES string of the molecule is CC(N[C@H](C)C1CCCC1)c1cc2c(s1)CCCC2. The lowest BCUT2D eigenvalue weighted by Crippen LogP contribution is -2.34. The fourth-order valence-electron chi connectivity index (χ4n) is 3.80. The summed E-state index contributed by atoms with van der Waals surface area (Å²) in [5, 5.41) is 3.86. The van der Waals surface area contributed by atoms with Gasteiger partial charge in [0.05, 0.1) is 0 Å². The van der Waals surface area contributed by atoms with Crippen LogP contribution >= 0.6 is 11.3 Å². The Labute approximate surface area is 121 Å². The van der Waals surface area contributed by atoms with E-state index in [0.29, 0.717) is 12.1 Å². The van der Waals surface area contributed by atoms with Gasteiger partial charge in [-0.2, -0.15) is 0 Å². The number of rotatable bonds is 4. The predicted octanol–water partition coefficient (Wildman–Crippen LogP) is 4.86. The average molecular weight is 277 g/mol. The number of aryl methyl sites for hydroxylation is 2. The van der Waals surface area contributed by atoms with E-state index < -0.39 is 0 Å². The van der Waals surface area contributed by atoms with Gasteiger partial charge in [-0.05, 0) is 69.9 Å². The van der Waals surface area contributed by atoms with E-state index in [1.807, 2.05) is 0 Å². The molecule has 1 aromatic rings. The third kappa shape index (κ3) is 3.05. The topological polar surface area (TPSA) is 12.0 Å². The van der Waals surface area contributed by atoms with Crippen molar-refractivity contribution in [1.29, 1.82) is 0 Å². The van der Waals surface area contributed by atoms with E-state index in [1.165, 1.54) is 51.4 Å². The highest BCUT2D eigenvalue weighted by atomic mass is 32.1. The van der Waals surface area contributed by atoms with Crippen molar-refractivity contribution in [2.45, 2.75) is 77.3 Å². The first-order chi connectivity index (χ1) is 9.24. The van der Waals surface area contributed by atoms with Crippen LogP contribution in [0.15, 0.2) is 6.07 Å². The highest BCUT2D eigenvalue weighted by Crippen LogP contribution is 2.34. The maximum atomic E-state index is 3.86. The molecule has 0 aromatic carbocycles. The Morgan fingerprint density at radius 2 is 1.84 bits per heavy atom. The van der Waals surface area contributed by atoms with Gasteiger partial charge in [-0.15, -0.1) is 11.3 Å². The third-order valence-electron chi connectivity index (χ3n) is 5.06. The van der Waals surface area contributed by atoms with E-state index in [1.54, 1.807) is 15.3 Å². The van der Waals surface area contributed by atoms with Crippen molar-refractivity contribution in [3.8, 4) is 0 Å². The van der Waals surface area contributed by atoms with Crippen molar-refractivity contribution in [1.82, 2.24) is 5.32 Å². The summed E-state index contributed by atoms with van der Waals surface area (Å²) in [5.74, 6) is 0.914. The fourth-order valence-corrected chi connectivity index (χ4v) is 5.07. The molecular formula is C17H27NS. The van der Waals surface area contributed by atoms with Crippen molar-refractivity contribution in [3.63, 3.8) is 0 Å². The molecule has 0 bridgehead atoms. The van der Waals surface area contributed by atoms with Crippen LogP contribution in [0.25, 0.3) is 0 Å². The van der Waals surface area contributed by atoms with E-state index in [2.05, 4.69) is 36.6 Å². The maximum absolute atomic E-state index is 3.86. The molecular weight excluding hydrogens is 250 g/mol. The summed E-state index contributed by atoms with van der Waals surface area (Å²) in [7, 11) is 0. The van der Waals surface area contributed by atoms with Gasteiger partial charge in [-0.3, -0.25) is 0 Å². The number of nitrogens with one attached hydrogen (secondary N) is 1. The monoisotopic (exact) mass is 277 g/mol. The number of hydrogen-bond acceptors (Lipinski definition) is 2. The van der Waals surface area contributed by atoms with E-state index in [-0.39, 0.29) is 0 Å².